The molecule has 19 heavy (non-hydrogen) atoms. The quantitative estimate of drug-likeness (QED) is 0.904. The fraction of sp³-hybridized carbons (Fsp3) is 0.688. The summed E-state index contributed by atoms with van der Waals surface area (Å²) in [7, 11) is 0. The number of anilines is 1. The molecule has 1 saturated carbocycles. The fourth-order valence-electron chi connectivity index (χ4n) is 3.70. The molecular formula is C16H25N3. The monoisotopic (exact) mass is 259 g/mol. The van der Waals surface area contributed by atoms with Crippen LogP contribution in [0.2, 0.25) is 0 Å². The van der Waals surface area contributed by atoms with Gasteiger partial charge < -0.3 is 10.6 Å². The van der Waals surface area contributed by atoms with Crippen LogP contribution in [0.3, 0.4) is 0 Å². The second kappa shape index (κ2) is 5.49. The van der Waals surface area contributed by atoms with Crippen LogP contribution < -0.4 is 10.6 Å². The predicted molar refractivity (Wildman–Crippen MR) is 79.4 cm³/mol. The Hall–Kier alpha value is -1.09. The molecule has 2 N–H and O–H groups in total. The lowest BCUT2D eigenvalue weighted by Crippen LogP contribution is -2.35. The first-order chi connectivity index (χ1) is 9.33. The highest BCUT2D eigenvalue weighted by Crippen LogP contribution is 2.32. The molecule has 1 aromatic heterocycles. The zero-order valence-corrected chi connectivity index (χ0v) is 12.0. The van der Waals surface area contributed by atoms with Gasteiger partial charge in [-0.25, -0.2) is 4.98 Å². The van der Waals surface area contributed by atoms with E-state index in [1.807, 2.05) is 0 Å². The lowest BCUT2D eigenvalue weighted by atomic mass is 10.1. The summed E-state index contributed by atoms with van der Waals surface area (Å²) in [6, 6.07) is 3.00. The molecule has 0 amide bonds. The number of aryl methyl sites for hydroxylation is 2. The first-order valence-corrected chi connectivity index (χ1v) is 7.82. The Kier molecular flexibility index (Phi) is 3.74. The van der Waals surface area contributed by atoms with Crippen LogP contribution in [0.4, 0.5) is 5.82 Å². The van der Waals surface area contributed by atoms with E-state index in [2.05, 4.69) is 17.9 Å². The molecule has 1 aromatic rings. The van der Waals surface area contributed by atoms with E-state index < -0.39 is 0 Å². The largest absolute Gasteiger partial charge is 0.354 e. The molecule has 0 saturated heterocycles. The van der Waals surface area contributed by atoms with E-state index in [-0.39, 0.29) is 0 Å². The zero-order valence-electron chi connectivity index (χ0n) is 12.0. The van der Waals surface area contributed by atoms with E-state index in [1.54, 1.807) is 0 Å². The minimum Gasteiger partial charge on any atom is -0.354 e. The summed E-state index contributed by atoms with van der Waals surface area (Å²) in [5.41, 5.74) is 9.97. The van der Waals surface area contributed by atoms with E-state index in [1.165, 1.54) is 61.2 Å². The molecule has 0 unspecified atom stereocenters. The molecule has 0 aliphatic heterocycles. The molecule has 1 fully saturated rings. The molecular weight excluding hydrogens is 234 g/mol. The van der Waals surface area contributed by atoms with Gasteiger partial charge in [0, 0.05) is 30.4 Å². The number of nitrogens with two attached hydrogens (primary N) is 1. The molecule has 1 heterocycles. The van der Waals surface area contributed by atoms with Crippen LogP contribution in [0.1, 0.15) is 55.8 Å². The van der Waals surface area contributed by atoms with E-state index in [0.717, 1.165) is 13.0 Å². The number of rotatable bonds is 4. The van der Waals surface area contributed by atoms with Crippen LogP contribution in [0, 0.1) is 0 Å². The summed E-state index contributed by atoms with van der Waals surface area (Å²) in [4.78, 5) is 7.49. The maximum Gasteiger partial charge on any atom is 0.133 e. The lowest BCUT2D eigenvalue weighted by Gasteiger charge is -2.31. The summed E-state index contributed by atoms with van der Waals surface area (Å²) >= 11 is 0. The van der Waals surface area contributed by atoms with Crippen molar-refractivity contribution >= 4 is 5.82 Å². The van der Waals surface area contributed by atoms with Crippen LogP contribution in [-0.4, -0.2) is 17.6 Å². The Balaban J connectivity index is 1.97. The third-order valence-corrected chi connectivity index (χ3v) is 4.71. The topological polar surface area (TPSA) is 42.2 Å². The summed E-state index contributed by atoms with van der Waals surface area (Å²) in [6.45, 7) is 3.90. The first kappa shape index (κ1) is 12.9. The Labute approximate surface area is 116 Å². The number of pyridine rings is 1. The van der Waals surface area contributed by atoms with Crippen molar-refractivity contribution in [2.45, 2.75) is 64.5 Å². The smallest absolute Gasteiger partial charge is 0.133 e. The standard InChI is InChI=1S/C16H25N3/c1-2-19(14-7-3-4-8-14)16-13(11-17)10-12-6-5-9-15(12)18-16/h10,14H,2-9,11,17H2,1H3. The Morgan fingerprint density at radius 2 is 2.05 bits per heavy atom. The van der Waals surface area contributed by atoms with Crippen LogP contribution in [0.25, 0.3) is 0 Å². The van der Waals surface area contributed by atoms with Crippen molar-refractivity contribution < 1.29 is 0 Å². The van der Waals surface area contributed by atoms with Gasteiger partial charge in [-0.1, -0.05) is 12.8 Å². The molecule has 104 valence electrons. The van der Waals surface area contributed by atoms with Crippen molar-refractivity contribution in [2.75, 3.05) is 11.4 Å². The van der Waals surface area contributed by atoms with Gasteiger partial charge in [-0.05, 0) is 50.7 Å². The van der Waals surface area contributed by atoms with Gasteiger partial charge in [0.1, 0.15) is 5.82 Å². The maximum atomic E-state index is 5.97. The van der Waals surface area contributed by atoms with Crippen molar-refractivity contribution in [1.82, 2.24) is 4.98 Å². The Morgan fingerprint density at radius 1 is 1.26 bits per heavy atom. The lowest BCUT2D eigenvalue weighted by molar-refractivity contribution is 0.609. The van der Waals surface area contributed by atoms with Crippen molar-refractivity contribution in [3.63, 3.8) is 0 Å². The SMILES string of the molecule is CCN(c1nc2c(cc1CN)CCC2)C1CCCC1. The summed E-state index contributed by atoms with van der Waals surface area (Å²) in [6.07, 6.45) is 8.95. The van der Waals surface area contributed by atoms with Crippen LogP contribution >= 0.6 is 0 Å². The van der Waals surface area contributed by atoms with Gasteiger partial charge >= 0.3 is 0 Å². The molecule has 3 heteroatoms. The summed E-state index contributed by atoms with van der Waals surface area (Å²) in [5.74, 6) is 1.18. The first-order valence-electron chi connectivity index (χ1n) is 7.82. The third-order valence-electron chi connectivity index (χ3n) is 4.71. The molecule has 3 nitrogen and oxygen atoms in total. The van der Waals surface area contributed by atoms with Gasteiger partial charge in [-0.2, -0.15) is 0 Å². The van der Waals surface area contributed by atoms with Gasteiger partial charge in [0.25, 0.3) is 0 Å². The molecule has 0 atom stereocenters. The number of fused-ring (bicyclic) bond motifs is 1. The van der Waals surface area contributed by atoms with Gasteiger partial charge in [0.05, 0.1) is 0 Å². The Morgan fingerprint density at radius 3 is 2.74 bits per heavy atom. The van der Waals surface area contributed by atoms with Gasteiger partial charge in [-0.15, -0.1) is 0 Å². The average molecular weight is 259 g/mol. The predicted octanol–water partition coefficient (Wildman–Crippen LogP) is 2.80. The highest BCUT2D eigenvalue weighted by molar-refractivity contribution is 5.51. The Bertz CT molecular complexity index is 450. The molecule has 0 aromatic carbocycles. The zero-order chi connectivity index (χ0) is 13.2. The second-order valence-electron chi connectivity index (χ2n) is 5.86. The minimum absolute atomic E-state index is 0.610. The number of hydrogen-bond acceptors (Lipinski definition) is 3. The molecule has 2 aliphatic rings. The van der Waals surface area contributed by atoms with Gasteiger partial charge in [0.15, 0.2) is 0 Å². The van der Waals surface area contributed by atoms with Crippen LogP contribution in [0.5, 0.6) is 0 Å². The average Bonchev–Trinajstić information content (AvgIpc) is 3.09. The van der Waals surface area contributed by atoms with E-state index in [0.29, 0.717) is 12.6 Å². The number of aromatic nitrogens is 1. The van der Waals surface area contributed by atoms with Crippen LogP contribution in [-0.2, 0) is 19.4 Å². The normalized spacial score (nSPS) is 18.8. The molecule has 0 spiro atoms. The van der Waals surface area contributed by atoms with Crippen molar-refractivity contribution in [3.8, 4) is 0 Å². The van der Waals surface area contributed by atoms with Crippen molar-refractivity contribution in [1.29, 1.82) is 0 Å². The minimum atomic E-state index is 0.610. The second-order valence-corrected chi connectivity index (χ2v) is 5.86. The van der Waals surface area contributed by atoms with Gasteiger partial charge in [-0.3, -0.25) is 0 Å². The third kappa shape index (κ3) is 2.36. The van der Waals surface area contributed by atoms with Crippen molar-refractivity contribution in [3.05, 3.63) is 22.9 Å². The highest BCUT2D eigenvalue weighted by Gasteiger charge is 2.25. The highest BCUT2D eigenvalue weighted by atomic mass is 15.2. The molecule has 0 bridgehead atoms. The summed E-state index contributed by atoms with van der Waals surface area (Å²) < 4.78 is 0. The maximum absolute atomic E-state index is 5.97. The van der Waals surface area contributed by atoms with E-state index in [4.69, 9.17) is 10.7 Å². The summed E-state index contributed by atoms with van der Waals surface area (Å²) in [5, 5.41) is 0. The van der Waals surface area contributed by atoms with Gasteiger partial charge in [0.2, 0.25) is 0 Å². The number of nitrogens with zero attached hydrogens (tertiary/aromatic N) is 2. The van der Waals surface area contributed by atoms with Crippen molar-refractivity contribution in [2.24, 2.45) is 5.73 Å². The number of hydrogen-bond donors (Lipinski definition) is 1. The fourth-order valence-corrected chi connectivity index (χ4v) is 3.70. The van der Waals surface area contributed by atoms with E-state index >= 15 is 0 Å². The molecule has 0 radical (unpaired) electrons. The molecule has 3 rings (SSSR count). The molecule has 2 aliphatic carbocycles. The van der Waals surface area contributed by atoms with Crippen LogP contribution in [0.15, 0.2) is 6.07 Å². The van der Waals surface area contributed by atoms with E-state index in [9.17, 15) is 0 Å².